The Hall–Kier alpha value is -0.0400. The van der Waals surface area contributed by atoms with Crippen LogP contribution >= 0.6 is 0 Å². The van der Waals surface area contributed by atoms with Gasteiger partial charge in [0.2, 0.25) is 0 Å². The van der Waals surface area contributed by atoms with Crippen molar-refractivity contribution in [1.29, 1.82) is 0 Å². The maximum atomic E-state index is 3.77. The number of hydrogen-bond acceptors (Lipinski definition) is 1. The Balaban J connectivity index is 1.56. The van der Waals surface area contributed by atoms with Gasteiger partial charge in [-0.15, -0.1) is 0 Å². The van der Waals surface area contributed by atoms with Gasteiger partial charge >= 0.3 is 0 Å². The average Bonchev–Trinajstić information content (AvgIpc) is 2.84. The van der Waals surface area contributed by atoms with Crippen LogP contribution in [0.2, 0.25) is 0 Å². The van der Waals surface area contributed by atoms with E-state index >= 15 is 0 Å². The molecule has 0 spiro atoms. The van der Waals surface area contributed by atoms with Gasteiger partial charge in [0, 0.05) is 6.04 Å². The van der Waals surface area contributed by atoms with Gasteiger partial charge in [0.05, 0.1) is 0 Å². The summed E-state index contributed by atoms with van der Waals surface area (Å²) in [7, 11) is 0. The van der Waals surface area contributed by atoms with Gasteiger partial charge in [-0.05, 0) is 44.6 Å². The van der Waals surface area contributed by atoms with Gasteiger partial charge in [-0.3, -0.25) is 0 Å². The summed E-state index contributed by atoms with van der Waals surface area (Å²) in [6.45, 7) is 3.67. The van der Waals surface area contributed by atoms with Crippen molar-refractivity contribution in [1.82, 2.24) is 5.32 Å². The van der Waals surface area contributed by atoms with Gasteiger partial charge in [-0.1, -0.05) is 44.9 Å². The molecule has 0 radical (unpaired) electrons. The second-order valence-corrected chi connectivity index (χ2v) is 6.08. The molecular formula is C15H29N. The van der Waals surface area contributed by atoms with Crippen molar-refractivity contribution in [3.05, 3.63) is 0 Å². The molecule has 0 aliphatic heterocycles. The predicted octanol–water partition coefficient (Wildman–Crippen LogP) is 4.13. The van der Waals surface area contributed by atoms with Crippen molar-refractivity contribution >= 4 is 0 Å². The SMILES string of the molecule is C[C@H](NCCC1CCCCC1)C1CCCC1. The summed E-state index contributed by atoms with van der Waals surface area (Å²) in [6.07, 6.45) is 14.8. The molecule has 1 heteroatoms. The van der Waals surface area contributed by atoms with Crippen LogP contribution in [0, 0.1) is 11.8 Å². The summed E-state index contributed by atoms with van der Waals surface area (Å²) in [5.41, 5.74) is 0. The smallest absolute Gasteiger partial charge is 0.00669 e. The van der Waals surface area contributed by atoms with Crippen LogP contribution in [0.4, 0.5) is 0 Å². The highest BCUT2D eigenvalue weighted by molar-refractivity contribution is 4.77. The molecule has 0 saturated heterocycles. The molecule has 2 aliphatic rings. The number of nitrogens with one attached hydrogen (secondary N) is 1. The summed E-state index contributed by atoms with van der Waals surface area (Å²) >= 11 is 0. The first-order valence-corrected chi connectivity index (χ1v) is 7.59. The van der Waals surface area contributed by atoms with Gasteiger partial charge < -0.3 is 5.32 Å². The van der Waals surface area contributed by atoms with Crippen LogP contribution in [-0.2, 0) is 0 Å². The molecule has 0 bridgehead atoms. The standard InChI is InChI=1S/C15H29N/c1-13(15-9-5-6-10-15)16-12-11-14-7-3-2-4-8-14/h13-16H,2-12H2,1H3/t13-/m0/s1. The zero-order chi connectivity index (χ0) is 11.2. The molecule has 0 amide bonds. The maximum Gasteiger partial charge on any atom is 0.00669 e. The zero-order valence-electron chi connectivity index (χ0n) is 11.0. The summed E-state index contributed by atoms with van der Waals surface area (Å²) in [5, 5.41) is 3.77. The Morgan fingerprint density at radius 1 is 0.938 bits per heavy atom. The summed E-state index contributed by atoms with van der Waals surface area (Å²) in [4.78, 5) is 0. The summed E-state index contributed by atoms with van der Waals surface area (Å²) < 4.78 is 0. The van der Waals surface area contributed by atoms with Crippen molar-refractivity contribution in [2.75, 3.05) is 6.54 Å². The van der Waals surface area contributed by atoms with Crippen molar-refractivity contribution in [2.45, 2.75) is 77.2 Å². The van der Waals surface area contributed by atoms with E-state index in [1.807, 2.05) is 0 Å². The topological polar surface area (TPSA) is 12.0 Å². The normalized spacial score (nSPS) is 26.1. The fourth-order valence-electron chi connectivity index (χ4n) is 3.61. The fourth-order valence-corrected chi connectivity index (χ4v) is 3.61. The molecule has 0 aromatic carbocycles. The first-order chi connectivity index (χ1) is 7.86. The van der Waals surface area contributed by atoms with E-state index < -0.39 is 0 Å². The highest BCUT2D eigenvalue weighted by Crippen LogP contribution is 2.28. The second kappa shape index (κ2) is 6.64. The van der Waals surface area contributed by atoms with E-state index in [9.17, 15) is 0 Å². The van der Waals surface area contributed by atoms with Gasteiger partial charge in [-0.25, -0.2) is 0 Å². The van der Waals surface area contributed by atoms with Crippen molar-refractivity contribution in [3.8, 4) is 0 Å². The van der Waals surface area contributed by atoms with Gasteiger partial charge in [0.25, 0.3) is 0 Å². The maximum absolute atomic E-state index is 3.77. The average molecular weight is 223 g/mol. The Bertz CT molecular complexity index is 178. The van der Waals surface area contributed by atoms with Crippen LogP contribution in [0.3, 0.4) is 0 Å². The van der Waals surface area contributed by atoms with Gasteiger partial charge in [-0.2, -0.15) is 0 Å². The quantitative estimate of drug-likeness (QED) is 0.739. The molecule has 2 aliphatic carbocycles. The molecule has 0 heterocycles. The number of rotatable bonds is 5. The van der Waals surface area contributed by atoms with Crippen LogP contribution < -0.4 is 5.32 Å². The van der Waals surface area contributed by atoms with Crippen LogP contribution in [0.5, 0.6) is 0 Å². The van der Waals surface area contributed by atoms with Crippen molar-refractivity contribution < 1.29 is 0 Å². The molecule has 1 nitrogen and oxygen atoms in total. The van der Waals surface area contributed by atoms with E-state index in [1.54, 1.807) is 0 Å². The second-order valence-electron chi connectivity index (χ2n) is 6.08. The highest BCUT2D eigenvalue weighted by Gasteiger charge is 2.21. The first-order valence-electron chi connectivity index (χ1n) is 7.59. The third-order valence-electron chi connectivity index (χ3n) is 4.85. The van der Waals surface area contributed by atoms with Crippen LogP contribution in [0.25, 0.3) is 0 Å². The lowest BCUT2D eigenvalue weighted by Crippen LogP contribution is -2.33. The lowest BCUT2D eigenvalue weighted by atomic mass is 9.87. The molecule has 1 N–H and O–H groups in total. The zero-order valence-corrected chi connectivity index (χ0v) is 11.0. The lowest BCUT2D eigenvalue weighted by molar-refractivity contribution is 0.313. The first kappa shape index (κ1) is 12.4. The molecular weight excluding hydrogens is 194 g/mol. The van der Waals surface area contributed by atoms with Gasteiger partial charge in [0.15, 0.2) is 0 Å². The fraction of sp³-hybridized carbons (Fsp3) is 1.00. The molecule has 94 valence electrons. The van der Waals surface area contributed by atoms with E-state index in [0.29, 0.717) is 0 Å². The molecule has 16 heavy (non-hydrogen) atoms. The largest absolute Gasteiger partial charge is 0.314 e. The van der Waals surface area contributed by atoms with E-state index in [-0.39, 0.29) is 0 Å². The summed E-state index contributed by atoms with van der Waals surface area (Å²) in [5.74, 6) is 2.02. The number of hydrogen-bond donors (Lipinski definition) is 1. The van der Waals surface area contributed by atoms with Crippen LogP contribution in [0.1, 0.15) is 71.1 Å². The molecule has 2 rings (SSSR count). The molecule has 0 aromatic rings. The minimum atomic E-state index is 0.770. The van der Waals surface area contributed by atoms with Crippen LogP contribution in [0.15, 0.2) is 0 Å². The van der Waals surface area contributed by atoms with Gasteiger partial charge in [0.1, 0.15) is 0 Å². The molecule has 0 unspecified atom stereocenters. The molecule has 0 aromatic heterocycles. The monoisotopic (exact) mass is 223 g/mol. The van der Waals surface area contributed by atoms with Crippen molar-refractivity contribution in [2.24, 2.45) is 11.8 Å². The van der Waals surface area contributed by atoms with Crippen molar-refractivity contribution in [3.63, 3.8) is 0 Å². The van der Waals surface area contributed by atoms with E-state index in [1.165, 1.54) is 70.8 Å². The Morgan fingerprint density at radius 3 is 2.25 bits per heavy atom. The third-order valence-corrected chi connectivity index (χ3v) is 4.85. The summed E-state index contributed by atoms with van der Waals surface area (Å²) in [6, 6.07) is 0.770. The minimum absolute atomic E-state index is 0.770. The van der Waals surface area contributed by atoms with Crippen LogP contribution in [-0.4, -0.2) is 12.6 Å². The van der Waals surface area contributed by atoms with E-state index in [0.717, 1.165) is 17.9 Å². The van der Waals surface area contributed by atoms with E-state index in [4.69, 9.17) is 0 Å². The Labute approximate surface area is 101 Å². The Kier molecular flexibility index (Phi) is 5.15. The minimum Gasteiger partial charge on any atom is -0.314 e. The lowest BCUT2D eigenvalue weighted by Gasteiger charge is -2.24. The predicted molar refractivity (Wildman–Crippen MR) is 70.6 cm³/mol. The molecule has 2 fully saturated rings. The van der Waals surface area contributed by atoms with E-state index in [2.05, 4.69) is 12.2 Å². The third kappa shape index (κ3) is 3.76. The highest BCUT2D eigenvalue weighted by atomic mass is 14.9. The Morgan fingerprint density at radius 2 is 1.56 bits per heavy atom. The molecule has 2 saturated carbocycles. The molecule has 1 atom stereocenters.